The highest BCUT2D eigenvalue weighted by Gasteiger charge is 2.28. The number of nitriles is 1. The first kappa shape index (κ1) is 11.2. The van der Waals surface area contributed by atoms with Crippen molar-refractivity contribution in [2.24, 2.45) is 0 Å². The molecule has 2 aromatic rings. The lowest BCUT2D eigenvalue weighted by Gasteiger charge is -2.10. The van der Waals surface area contributed by atoms with E-state index < -0.39 is 5.82 Å². The van der Waals surface area contributed by atoms with Crippen molar-refractivity contribution in [3.63, 3.8) is 0 Å². The topological polar surface area (TPSA) is 62.7 Å². The Morgan fingerprint density at radius 1 is 1.50 bits per heavy atom. The van der Waals surface area contributed by atoms with Crippen molar-refractivity contribution < 1.29 is 4.39 Å². The van der Waals surface area contributed by atoms with Crippen LogP contribution in [0.2, 0.25) is 0 Å². The van der Waals surface area contributed by atoms with Gasteiger partial charge in [-0.25, -0.2) is 9.37 Å². The van der Waals surface area contributed by atoms with E-state index in [1.807, 2.05) is 6.07 Å². The van der Waals surface area contributed by atoms with Crippen LogP contribution in [0.3, 0.4) is 0 Å². The van der Waals surface area contributed by atoms with Gasteiger partial charge in [0.25, 0.3) is 0 Å². The summed E-state index contributed by atoms with van der Waals surface area (Å²) in [6, 6.07) is 6.61. The highest BCUT2D eigenvalue weighted by molar-refractivity contribution is 7.15. The lowest BCUT2D eigenvalue weighted by Crippen LogP contribution is -1.96. The van der Waals surface area contributed by atoms with E-state index in [1.165, 1.54) is 17.4 Å². The van der Waals surface area contributed by atoms with Gasteiger partial charge in [-0.1, -0.05) is 6.07 Å². The van der Waals surface area contributed by atoms with Crippen LogP contribution >= 0.6 is 11.3 Å². The average Bonchev–Trinajstić information content (AvgIpc) is 2.89. The Labute approximate surface area is 108 Å². The molecule has 1 unspecified atom stereocenters. The number of hydrogen-bond donors (Lipinski definition) is 1. The fourth-order valence-corrected chi connectivity index (χ4v) is 3.45. The molecule has 2 N–H and O–H groups in total. The number of fused-ring (bicyclic) bond motifs is 1. The first-order valence-corrected chi connectivity index (χ1v) is 6.45. The number of aromatic nitrogens is 1. The molecule has 0 aliphatic heterocycles. The van der Waals surface area contributed by atoms with E-state index in [9.17, 15) is 4.39 Å². The van der Waals surface area contributed by atoms with Crippen LogP contribution in [-0.4, -0.2) is 4.98 Å². The van der Waals surface area contributed by atoms with Gasteiger partial charge in [0, 0.05) is 10.8 Å². The number of nitrogens with two attached hydrogens (primary N) is 1. The van der Waals surface area contributed by atoms with Gasteiger partial charge in [-0.2, -0.15) is 5.26 Å². The van der Waals surface area contributed by atoms with Crippen molar-refractivity contribution in [2.75, 3.05) is 5.73 Å². The van der Waals surface area contributed by atoms with E-state index in [-0.39, 0.29) is 11.5 Å². The number of aryl methyl sites for hydroxylation is 1. The normalized spacial score (nSPS) is 17.4. The number of benzene rings is 1. The third-order valence-corrected chi connectivity index (χ3v) is 4.28. The van der Waals surface area contributed by atoms with E-state index in [1.54, 1.807) is 12.1 Å². The Bertz CT molecular complexity index is 657. The molecule has 0 fully saturated rings. The minimum atomic E-state index is -0.469. The molecule has 1 aliphatic carbocycles. The van der Waals surface area contributed by atoms with Crippen molar-refractivity contribution in [1.82, 2.24) is 4.98 Å². The van der Waals surface area contributed by atoms with Gasteiger partial charge in [0.15, 0.2) is 5.13 Å². The summed E-state index contributed by atoms with van der Waals surface area (Å²) in [5, 5.41) is 9.44. The Morgan fingerprint density at radius 2 is 2.33 bits per heavy atom. The second kappa shape index (κ2) is 4.07. The summed E-state index contributed by atoms with van der Waals surface area (Å²) >= 11 is 1.49. The van der Waals surface area contributed by atoms with Gasteiger partial charge in [0.2, 0.25) is 0 Å². The molecule has 90 valence electrons. The Balaban J connectivity index is 2.05. The zero-order valence-corrected chi connectivity index (χ0v) is 10.3. The van der Waals surface area contributed by atoms with E-state index >= 15 is 0 Å². The molecule has 0 saturated heterocycles. The molecule has 1 aromatic heterocycles. The van der Waals surface area contributed by atoms with Crippen molar-refractivity contribution in [1.29, 1.82) is 5.26 Å². The smallest absolute Gasteiger partial charge is 0.180 e. The molecule has 1 aromatic carbocycles. The van der Waals surface area contributed by atoms with Crippen LogP contribution in [0.15, 0.2) is 18.2 Å². The van der Waals surface area contributed by atoms with Crippen LogP contribution in [0.1, 0.15) is 34.0 Å². The zero-order chi connectivity index (χ0) is 12.7. The summed E-state index contributed by atoms with van der Waals surface area (Å²) in [7, 11) is 0. The Morgan fingerprint density at radius 3 is 3.11 bits per heavy atom. The molecule has 3 rings (SSSR count). The largest absolute Gasteiger partial charge is 0.375 e. The molecule has 1 atom stereocenters. The van der Waals surface area contributed by atoms with Crippen molar-refractivity contribution in [3.8, 4) is 6.07 Å². The van der Waals surface area contributed by atoms with Gasteiger partial charge < -0.3 is 5.73 Å². The molecule has 18 heavy (non-hydrogen) atoms. The number of anilines is 1. The summed E-state index contributed by atoms with van der Waals surface area (Å²) in [4.78, 5) is 5.44. The highest BCUT2D eigenvalue weighted by atomic mass is 32.1. The second-order valence-corrected chi connectivity index (χ2v) is 5.37. The van der Waals surface area contributed by atoms with E-state index in [0.717, 1.165) is 29.0 Å². The molecule has 1 heterocycles. The predicted octanol–water partition coefficient (Wildman–Crippen LogP) is 2.81. The van der Waals surface area contributed by atoms with Crippen molar-refractivity contribution >= 4 is 16.5 Å². The van der Waals surface area contributed by atoms with E-state index in [2.05, 4.69) is 4.98 Å². The maximum Gasteiger partial charge on any atom is 0.180 e. The quantitative estimate of drug-likeness (QED) is 0.856. The fraction of sp³-hybridized carbons (Fsp3) is 0.231. The minimum absolute atomic E-state index is 0.0958. The third kappa shape index (κ3) is 1.66. The number of thiazole rings is 1. The van der Waals surface area contributed by atoms with E-state index in [4.69, 9.17) is 11.0 Å². The van der Waals surface area contributed by atoms with Gasteiger partial charge in [-0.05, 0) is 30.5 Å². The van der Waals surface area contributed by atoms with Crippen LogP contribution in [0, 0.1) is 17.1 Å². The lowest BCUT2D eigenvalue weighted by atomic mass is 9.96. The Hall–Kier alpha value is -1.93. The molecule has 0 amide bonds. The van der Waals surface area contributed by atoms with E-state index in [0.29, 0.717) is 5.13 Å². The predicted molar refractivity (Wildman–Crippen MR) is 67.8 cm³/mol. The average molecular weight is 259 g/mol. The molecule has 0 radical (unpaired) electrons. The van der Waals surface area contributed by atoms with Crippen LogP contribution in [0.5, 0.6) is 0 Å². The van der Waals surface area contributed by atoms with Crippen LogP contribution in [-0.2, 0) is 6.42 Å². The first-order chi connectivity index (χ1) is 8.69. The molecule has 3 nitrogen and oxygen atoms in total. The fourth-order valence-electron chi connectivity index (χ4n) is 2.41. The van der Waals surface area contributed by atoms with Gasteiger partial charge in [0.1, 0.15) is 11.9 Å². The lowest BCUT2D eigenvalue weighted by molar-refractivity contribution is 0.622. The number of nitrogen functional groups attached to an aromatic ring is 1. The number of nitrogens with zero attached hydrogens (tertiary/aromatic N) is 2. The monoisotopic (exact) mass is 259 g/mol. The molecular formula is C13H10FN3S. The number of rotatable bonds is 1. The highest BCUT2D eigenvalue weighted by Crippen LogP contribution is 2.42. The molecule has 0 bridgehead atoms. The van der Waals surface area contributed by atoms with Gasteiger partial charge >= 0.3 is 0 Å². The molecule has 1 aliphatic rings. The summed E-state index contributed by atoms with van der Waals surface area (Å²) in [6.45, 7) is 0. The molecule has 0 spiro atoms. The van der Waals surface area contributed by atoms with Crippen LogP contribution in [0.25, 0.3) is 0 Å². The van der Waals surface area contributed by atoms with Gasteiger partial charge in [-0.3, -0.25) is 0 Å². The molecular weight excluding hydrogens is 249 g/mol. The van der Waals surface area contributed by atoms with Crippen molar-refractivity contribution in [3.05, 3.63) is 45.7 Å². The summed E-state index contributed by atoms with van der Waals surface area (Å²) in [5.41, 5.74) is 7.81. The molecule has 5 heteroatoms. The van der Waals surface area contributed by atoms with Gasteiger partial charge in [-0.15, -0.1) is 11.3 Å². The maximum absolute atomic E-state index is 13.3. The first-order valence-electron chi connectivity index (χ1n) is 5.63. The van der Waals surface area contributed by atoms with Crippen molar-refractivity contribution in [2.45, 2.75) is 18.8 Å². The summed E-state index contributed by atoms with van der Waals surface area (Å²) < 4.78 is 13.3. The molecule has 0 saturated carbocycles. The zero-order valence-electron chi connectivity index (χ0n) is 9.48. The minimum Gasteiger partial charge on any atom is -0.375 e. The van der Waals surface area contributed by atoms with Gasteiger partial charge in [0.05, 0.1) is 11.3 Å². The summed E-state index contributed by atoms with van der Waals surface area (Å²) in [5.74, 6) is -0.272. The van der Waals surface area contributed by atoms with Crippen LogP contribution in [0.4, 0.5) is 9.52 Å². The Kier molecular flexibility index (Phi) is 2.53. The number of hydrogen-bond acceptors (Lipinski definition) is 4. The summed E-state index contributed by atoms with van der Waals surface area (Å²) in [6.07, 6.45) is 1.85. The SMILES string of the molecule is N#Cc1cc(C2CCc3nc(N)sc32)ccc1F. The number of halogens is 1. The van der Waals surface area contributed by atoms with Crippen LogP contribution < -0.4 is 5.73 Å². The maximum atomic E-state index is 13.3. The second-order valence-electron chi connectivity index (χ2n) is 4.31. The standard InChI is InChI=1S/C13H10FN3S/c14-10-3-1-7(5-8(10)6-15)9-2-4-11-12(9)18-13(16)17-11/h1,3,5,9H,2,4H2,(H2,16,17). The third-order valence-electron chi connectivity index (χ3n) is 3.24.